The summed E-state index contributed by atoms with van der Waals surface area (Å²) < 4.78 is 5.62. The summed E-state index contributed by atoms with van der Waals surface area (Å²) in [6.07, 6.45) is 3.27. The van der Waals surface area contributed by atoms with Crippen molar-refractivity contribution in [3.8, 4) is 5.88 Å². The van der Waals surface area contributed by atoms with Crippen molar-refractivity contribution in [1.82, 2.24) is 15.0 Å². The molecule has 0 unspecified atom stereocenters. The molecule has 0 aliphatic carbocycles. The summed E-state index contributed by atoms with van der Waals surface area (Å²) >= 11 is 0. The fourth-order valence-electron chi connectivity index (χ4n) is 1.65. The minimum absolute atomic E-state index is 0.500. The Kier molecular flexibility index (Phi) is 2.84. The van der Waals surface area contributed by atoms with E-state index < -0.39 is 0 Å². The highest BCUT2D eigenvalue weighted by Gasteiger charge is 2.01. The SMILES string of the molecule is c1ccc(COc2ccc3nccnc3n2)cc1. The van der Waals surface area contributed by atoms with Crippen LogP contribution in [0.1, 0.15) is 5.56 Å². The Morgan fingerprint density at radius 3 is 2.61 bits per heavy atom. The van der Waals surface area contributed by atoms with Crippen LogP contribution in [0.3, 0.4) is 0 Å². The van der Waals surface area contributed by atoms with Crippen LogP contribution in [0.15, 0.2) is 54.9 Å². The van der Waals surface area contributed by atoms with Crippen LogP contribution in [-0.4, -0.2) is 15.0 Å². The van der Waals surface area contributed by atoms with Gasteiger partial charge in [-0.2, -0.15) is 4.98 Å². The average molecular weight is 237 g/mol. The Labute approximate surface area is 104 Å². The van der Waals surface area contributed by atoms with E-state index in [1.165, 1.54) is 0 Å². The molecule has 0 radical (unpaired) electrons. The molecule has 2 aromatic heterocycles. The second-order valence-corrected chi connectivity index (χ2v) is 3.82. The van der Waals surface area contributed by atoms with Crippen LogP contribution < -0.4 is 4.74 Å². The van der Waals surface area contributed by atoms with E-state index in [0.717, 1.165) is 11.1 Å². The van der Waals surface area contributed by atoms with Crippen molar-refractivity contribution in [3.05, 3.63) is 60.4 Å². The zero-order valence-corrected chi connectivity index (χ0v) is 9.65. The summed E-state index contributed by atoms with van der Waals surface area (Å²) in [4.78, 5) is 12.6. The first-order valence-corrected chi connectivity index (χ1v) is 5.66. The van der Waals surface area contributed by atoms with Crippen LogP contribution in [-0.2, 0) is 6.61 Å². The van der Waals surface area contributed by atoms with E-state index in [2.05, 4.69) is 15.0 Å². The summed E-state index contributed by atoms with van der Waals surface area (Å²) in [6.45, 7) is 0.500. The van der Waals surface area contributed by atoms with Gasteiger partial charge in [-0.25, -0.2) is 4.98 Å². The number of nitrogens with zero attached hydrogens (tertiary/aromatic N) is 3. The van der Waals surface area contributed by atoms with Gasteiger partial charge in [-0.05, 0) is 11.6 Å². The van der Waals surface area contributed by atoms with Gasteiger partial charge < -0.3 is 4.74 Å². The molecule has 4 nitrogen and oxygen atoms in total. The highest BCUT2D eigenvalue weighted by molar-refractivity contribution is 5.69. The number of hydrogen-bond donors (Lipinski definition) is 0. The van der Waals surface area contributed by atoms with Crippen molar-refractivity contribution in [2.75, 3.05) is 0 Å². The van der Waals surface area contributed by atoms with Crippen LogP contribution >= 0.6 is 0 Å². The van der Waals surface area contributed by atoms with Crippen LogP contribution in [0.2, 0.25) is 0 Å². The molecule has 2 heterocycles. The van der Waals surface area contributed by atoms with Crippen molar-refractivity contribution in [2.45, 2.75) is 6.61 Å². The molecule has 88 valence electrons. The summed E-state index contributed by atoms with van der Waals surface area (Å²) in [5, 5.41) is 0. The van der Waals surface area contributed by atoms with Gasteiger partial charge in [0.2, 0.25) is 5.88 Å². The van der Waals surface area contributed by atoms with Gasteiger partial charge in [0.1, 0.15) is 12.1 Å². The van der Waals surface area contributed by atoms with E-state index in [1.807, 2.05) is 36.4 Å². The van der Waals surface area contributed by atoms with Gasteiger partial charge in [0.15, 0.2) is 5.65 Å². The van der Waals surface area contributed by atoms with Gasteiger partial charge in [0.25, 0.3) is 0 Å². The lowest BCUT2D eigenvalue weighted by Gasteiger charge is -2.05. The molecule has 1 aromatic carbocycles. The molecule has 3 aromatic rings. The van der Waals surface area contributed by atoms with Gasteiger partial charge in [-0.1, -0.05) is 30.3 Å². The number of benzene rings is 1. The summed E-state index contributed by atoms with van der Waals surface area (Å²) in [5.74, 6) is 0.562. The summed E-state index contributed by atoms with van der Waals surface area (Å²) in [5.41, 5.74) is 2.48. The molecular formula is C14H11N3O. The number of rotatable bonds is 3. The van der Waals surface area contributed by atoms with E-state index >= 15 is 0 Å². The average Bonchev–Trinajstić information content (AvgIpc) is 2.46. The second-order valence-electron chi connectivity index (χ2n) is 3.82. The number of hydrogen-bond acceptors (Lipinski definition) is 4. The maximum atomic E-state index is 5.62. The Morgan fingerprint density at radius 1 is 0.889 bits per heavy atom. The number of pyridine rings is 1. The molecule has 0 N–H and O–H groups in total. The molecule has 0 saturated heterocycles. The second kappa shape index (κ2) is 4.79. The maximum Gasteiger partial charge on any atom is 0.215 e. The van der Waals surface area contributed by atoms with Gasteiger partial charge in [-0.3, -0.25) is 4.98 Å². The van der Waals surface area contributed by atoms with Crippen molar-refractivity contribution >= 4 is 11.2 Å². The molecule has 0 spiro atoms. The van der Waals surface area contributed by atoms with Gasteiger partial charge >= 0.3 is 0 Å². The van der Waals surface area contributed by atoms with Gasteiger partial charge in [-0.15, -0.1) is 0 Å². The van der Waals surface area contributed by atoms with E-state index in [1.54, 1.807) is 18.5 Å². The lowest BCUT2D eigenvalue weighted by atomic mass is 10.2. The third kappa shape index (κ3) is 2.27. The van der Waals surface area contributed by atoms with Crippen molar-refractivity contribution in [1.29, 1.82) is 0 Å². The first-order chi connectivity index (χ1) is 8.92. The minimum atomic E-state index is 0.500. The molecule has 0 fully saturated rings. The van der Waals surface area contributed by atoms with Crippen molar-refractivity contribution < 1.29 is 4.74 Å². The molecule has 0 aliphatic rings. The molecule has 18 heavy (non-hydrogen) atoms. The highest BCUT2D eigenvalue weighted by Crippen LogP contribution is 2.13. The number of aromatic nitrogens is 3. The van der Waals surface area contributed by atoms with E-state index in [9.17, 15) is 0 Å². The standard InChI is InChI=1S/C14H11N3O/c1-2-4-11(5-3-1)10-18-13-7-6-12-14(17-13)16-9-8-15-12/h1-9H,10H2. The minimum Gasteiger partial charge on any atom is -0.473 e. The monoisotopic (exact) mass is 237 g/mol. The van der Waals surface area contributed by atoms with Crippen molar-refractivity contribution in [2.24, 2.45) is 0 Å². The van der Waals surface area contributed by atoms with Gasteiger partial charge in [0.05, 0.1) is 0 Å². The largest absolute Gasteiger partial charge is 0.473 e. The Bertz CT molecular complexity index is 655. The van der Waals surface area contributed by atoms with Crippen LogP contribution in [0.5, 0.6) is 5.88 Å². The normalized spacial score (nSPS) is 10.4. The molecule has 0 bridgehead atoms. The third-order valence-corrected chi connectivity index (χ3v) is 2.54. The Hall–Kier alpha value is -2.49. The first-order valence-electron chi connectivity index (χ1n) is 5.66. The fourth-order valence-corrected chi connectivity index (χ4v) is 1.65. The quantitative estimate of drug-likeness (QED) is 0.702. The topological polar surface area (TPSA) is 47.9 Å². The van der Waals surface area contributed by atoms with Crippen LogP contribution in [0, 0.1) is 0 Å². The van der Waals surface area contributed by atoms with Crippen molar-refractivity contribution in [3.63, 3.8) is 0 Å². The van der Waals surface area contributed by atoms with E-state index in [-0.39, 0.29) is 0 Å². The van der Waals surface area contributed by atoms with Gasteiger partial charge in [0, 0.05) is 18.5 Å². The predicted octanol–water partition coefficient (Wildman–Crippen LogP) is 2.60. The summed E-state index contributed by atoms with van der Waals surface area (Å²) in [6, 6.07) is 13.6. The lowest BCUT2D eigenvalue weighted by molar-refractivity contribution is 0.295. The molecule has 3 rings (SSSR count). The first kappa shape index (κ1) is 10.7. The Morgan fingerprint density at radius 2 is 1.72 bits per heavy atom. The van der Waals surface area contributed by atoms with E-state index in [0.29, 0.717) is 18.1 Å². The third-order valence-electron chi connectivity index (χ3n) is 2.54. The summed E-state index contributed by atoms with van der Waals surface area (Å²) in [7, 11) is 0. The zero-order chi connectivity index (χ0) is 12.2. The zero-order valence-electron chi connectivity index (χ0n) is 9.65. The molecule has 0 atom stereocenters. The fraction of sp³-hybridized carbons (Fsp3) is 0.0714. The number of fused-ring (bicyclic) bond motifs is 1. The molecular weight excluding hydrogens is 226 g/mol. The molecule has 0 amide bonds. The number of ether oxygens (including phenoxy) is 1. The molecule has 0 aliphatic heterocycles. The smallest absolute Gasteiger partial charge is 0.215 e. The van der Waals surface area contributed by atoms with Crippen LogP contribution in [0.25, 0.3) is 11.2 Å². The highest BCUT2D eigenvalue weighted by atomic mass is 16.5. The predicted molar refractivity (Wildman–Crippen MR) is 68.1 cm³/mol. The maximum absolute atomic E-state index is 5.62. The van der Waals surface area contributed by atoms with Crippen LogP contribution in [0.4, 0.5) is 0 Å². The molecule has 4 heteroatoms. The molecule has 0 saturated carbocycles. The Balaban J connectivity index is 1.79. The van der Waals surface area contributed by atoms with E-state index in [4.69, 9.17) is 4.74 Å². The lowest BCUT2D eigenvalue weighted by Crippen LogP contribution is -1.97.